The number of hydrogen-bond acceptors (Lipinski definition) is 2. The molecule has 0 amide bonds. The van der Waals surface area contributed by atoms with E-state index in [9.17, 15) is 9.18 Å². The lowest BCUT2D eigenvalue weighted by atomic mass is 10.1. The van der Waals surface area contributed by atoms with Crippen molar-refractivity contribution in [1.82, 2.24) is 4.98 Å². The van der Waals surface area contributed by atoms with Crippen LogP contribution in [-0.2, 0) is 5.75 Å². The maximum atomic E-state index is 12.8. The number of Topliss-reactive ketones (excluding diaryl/α,β-unsaturated/α-hetero) is 1. The summed E-state index contributed by atoms with van der Waals surface area (Å²) in [4.78, 5) is 15.4. The van der Waals surface area contributed by atoms with Crippen LogP contribution in [0.2, 0.25) is 0 Å². The predicted molar refractivity (Wildman–Crippen MR) is 85.2 cm³/mol. The Balaban J connectivity index is 1.63. The Morgan fingerprint density at radius 3 is 2.67 bits per heavy atom. The molecule has 0 unspecified atom stereocenters. The van der Waals surface area contributed by atoms with E-state index in [1.807, 2.05) is 24.3 Å². The van der Waals surface area contributed by atoms with E-state index in [0.717, 1.165) is 22.0 Å². The van der Waals surface area contributed by atoms with E-state index in [2.05, 4.69) is 4.98 Å². The zero-order valence-electron chi connectivity index (χ0n) is 11.3. The van der Waals surface area contributed by atoms with E-state index >= 15 is 0 Å². The molecule has 2 nitrogen and oxygen atoms in total. The molecule has 0 spiro atoms. The van der Waals surface area contributed by atoms with Gasteiger partial charge >= 0.3 is 0 Å². The quantitative estimate of drug-likeness (QED) is 0.707. The fourth-order valence-corrected chi connectivity index (χ4v) is 3.09. The maximum absolute atomic E-state index is 12.8. The van der Waals surface area contributed by atoms with Gasteiger partial charge in [0.25, 0.3) is 0 Å². The largest absolute Gasteiger partial charge is 0.360 e. The van der Waals surface area contributed by atoms with Crippen molar-refractivity contribution in [3.63, 3.8) is 0 Å². The van der Waals surface area contributed by atoms with Crippen molar-refractivity contribution in [2.24, 2.45) is 0 Å². The molecule has 0 aliphatic rings. The van der Waals surface area contributed by atoms with Crippen molar-refractivity contribution >= 4 is 28.4 Å². The summed E-state index contributed by atoms with van der Waals surface area (Å²) in [7, 11) is 0. The normalized spacial score (nSPS) is 10.9. The number of aromatic amines is 1. The second kappa shape index (κ2) is 6.14. The molecule has 2 aromatic carbocycles. The fourth-order valence-electron chi connectivity index (χ4n) is 2.22. The number of hydrogen-bond donors (Lipinski definition) is 1. The Bertz CT molecular complexity index is 764. The Morgan fingerprint density at radius 2 is 1.86 bits per heavy atom. The third-order valence-corrected chi connectivity index (χ3v) is 4.31. The van der Waals surface area contributed by atoms with Crippen molar-refractivity contribution in [3.05, 3.63) is 71.7 Å². The van der Waals surface area contributed by atoms with E-state index in [0.29, 0.717) is 11.5 Å². The summed E-state index contributed by atoms with van der Waals surface area (Å²) in [5.41, 5.74) is 2.73. The number of carbonyl (C=O) groups excluding carboxylic acids is 1. The summed E-state index contributed by atoms with van der Waals surface area (Å²) in [6, 6.07) is 14.2. The van der Waals surface area contributed by atoms with Gasteiger partial charge in [0.2, 0.25) is 0 Å². The van der Waals surface area contributed by atoms with Crippen molar-refractivity contribution in [1.29, 1.82) is 0 Å². The van der Waals surface area contributed by atoms with Gasteiger partial charge in [-0.3, -0.25) is 4.79 Å². The molecule has 21 heavy (non-hydrogen) atoms. The van der Waals surface area contributed by atoms with E-state index in [-0.39, 0.29) is 11.6 Å². The Morgan fingerprint density at radius 1 is 1.10 bits per heavy atom. The first kappa shape index (κ1) is 13.9. The third-order valence-electron chi connectivity index (χ3n) is 3.30. The van der Waals surface area contributed by atoms with Gasteiger partial charge in [0.15, 0.2) is 5.78 Å². The summed E-state index contributed by atoms with van der Waals surface area (Å²) in [5.74, 6) is 0.992. The number of aromatic nitrogens is 1. The number of benzene rings is 2. The highest BCUT2D eigenvalue weighted by molar-refractivity contribution is 7.99. The van der Waals surface area contributed by atoms with Gasteiger partial charge in [0.1, 0.15) is 5.82 Å². The molecule has 1 N–H and O–H groups in total. The van der Waals surface area contributed by atoms with Crippen molar-refractivity contribution < 1.29 is 9.18 Å². The smallest absolute Gasteiger partial charge is 0.174 e. The lowest BCUT2D eigenvalue weighted by molar-refractivity contribution is 0.102. The van der Waals surface area contributed by atoms with Crippen LogP contribution >= 0.6 is 11.8 Å². The molecule has 0 saturated heterocycles. The van der Waals surface area contributed by atoms with Gasteiger partial charge in [-0.25, -0.2) is 4.39 Å². The lowest BCUT2D eigenvalue weighted by Gasteiger charge is -2.01. The number of fused-ring (bicyclic) bond motifs is 1. The lowest BCUT2D eigenvalue weighted by Crippen LogP contribution is -2.01. The second-order valence-electron chi connectivity index (χ2n) is 4.79. The molecule has 1 aromatic heterocycles. The van der Waals surface area contributed by atoms with Crippen LogP contribution in [0, 0.1) is 5.82 Å². The Kier molecular flexibility index (Phi) is 4.06. The number of rotatable bonds is 5. The first-order valence-electron chi connectivity index (χ1n) is 6.65. The first-order valence-corrected chi connectivity index (χ1v) is 7.81. The summed E-state index contributed by atoms with van der Waals surface area (Å²) in [6.45, 7) is 0. The Hall–Kier alpha value is -2.07. The molecular weight excluding hydrogens is 285 g/mol. The second-order valence-corrected chi connectivity index (χ2v) is 5.78. The van der Waals surface area contributed by atoms with E-state index < -0.39 is 0 Å². The fraction of sp³-hybridized carbons (Fsp3) is 0.118. The summed E-state index contributed by atoms with van der Waals surface area (Å²) in [6.07, 6.45) is 1.77. The summed E-state index contributed by atoms with van der Waals surface area (Å²) < 4.78 is 12.8. The van der Waals surface area contributed by atoms with Gasteiger partial charge in [-0.15, -0.1) is 11.8 Å². The van der Waals surface area contributed by atoms with Crippen LogP contribution in [0.3, 0.4) is 0 Å². The summed E-state index contributed by atoms with van der Waals surface area (Å²) >= 11 is 1.54. The topological polar surface area (TPSA) is 32.9 Å². The van der Waals surface area contributed by atoms with E-state index in [1.54, 1.807) is 30.1 Å². The maximum Gasteiger partial charge on any atom is 0.174 e. The number of halogens is 1. The van der Waals surface area contributed by atoms with E-state index in [4.69, 9.17) is 0 Å². The minimum Gasteiger partial charge on any atom is -0.360 e. The molecule has 0 atom stereocenters. The number of ketones is 1. The van der Waals surface area contributed by atoms with Gasteiger partial charge in [-0.2, -0.15) is 0 Å². The monoisotopic (exact) mass is 299 g/mol. The van der Waals surface area contributed by atoms with Crippen LogP contribution < -0.4 is 0 Å². The number of carbonyl (C=O) groups is 1. The summed E-state index contributed by atoms with van der Waals surface area (Å²) in [5, 5.41) is 0.963. The molecule has 1 heterocycles. The molecule has 0 saturated carbocycles. The molecule has 106 valence electrons. The number of thioether (sulfide) groups is 1. The highest BCUT2D eigenvalue weighted by Gasteiger charge is 2.11. The number of H-pyrrole nitrogens is 1. The van der Waals surface area contributed by atoms with Gasteiger partial charge in [-0.1, -0.05) is 30.3 Å². The van der Waals surface area contributed by atoms with Crippen LogP contribution in [-0.4, -0.2) is 16.5 Å². The number of para-hydroxylation sites is 1. The molecular formula is C17H14FNOS. The van der Waals surface area contributed by atoms with Crippen molar-refractivity contribution in [2.45, 2.75) is 5.75 Å². The van der Waals surface area contributed by atoms with Crippen LogP contribution in [0.5, 0.6) is 0 Å². The molecule has 0 aliphatic heterocycles. The van der Waals surface area contributed by atoms with Gasteiger partial charge in [-0.05, 0) is 23.8 Å². The van der Waals surface area contributed by atoms with Gasteiger partial charge in [0.05, 0.1) is 5.75 Å². The highest BCUT2D eigenvalue weighted by Crippen LogP contribution is 2.21. The van der Waals surface area contributed by atoms with Crippen LogP contribution in [0.25, 0.3) is 10.9 Å². The Labute approximate surface area is 126 Å². The van der Waals surface area contributed by atoms with Crippen LogP contribution in [0.4, 0.5) is 4.39 Å². The minimum absolute atomic E-state index is 0.111. The molecule has 4 heteroatoms. The minimum atomic E-state index is -0.237. The SMILES string of the molecule is O=C(CSCc1ccc(F)cc1)c1c[nH]c2ccccc12. The zero-order chi connectivity index (χ0) is 14.7. The van der Waals surface area contributed by atoms with Crippen molar-refractivity contribution in [3.8, 4) is 0 Å². The van der Waals surface area contributed by atoms with Gasteiger partial charge in [0, 0.05) is 28.4 Å². The van der Waals surface area contributed by atoms with E-state index in [1.165, 1.54) is 12.1 Å². The average molecular weight is 299 g/mol. The molecule has 0 aliphatic carbocycles. The number of nitrogens with one attached hydrogen (secondary N) is 1. The van der Waals surface area contributed by atoms with Crippen LogP contribution in [0.1, 0.15) is 15.9 Å². The molecule has 3 aromatic rings. The molecule has 3 rings (SSSR count). The van der Waals surface area contributed by atoms with Crippen molar-refractivity contribution in [2.75, 3.05) is 5.75 Å². The highest BCUT2D eigenvalue weighted by atomic mass is 32.2. The first-order chi connectivity index (χ1) is 10.2. The molecule has 0 bridgehead atoms. The predicted octanol–water partition coefficient (Wildman–Crippen LogP) is 4.42. The molecule has 0 radical (unpaired) electrons. The standard InChI is InChI=1S/C17H14FNOS/c18-13-7-5-12(6-8-13)10-21-11-17(20)15-9-19-16-4-2-1-3-14(15)16/h1-9,19H,10-11H2. The van der Waals surface area contributed by atoms with Gasteiger partial charge < -0.3 is 4.98 Å². The zero-order valence-corrected chi connectivity index (χ0v) is 12.1. The van der Waals surface area contributed by atoms with Crippen LogP contribution in [0.15, 0.2) is 54.7 Å². The third kappa shape index (κ3) is 3.16. The average Bonchev–Trinajstić information content (AvgIpc) is 2.93. The molecule has 0 fully saturated rings.